The third-order valence-corrected chi connectivity index (χ3v) is 6.37. The monoisotopic (exact) mass is 459 g/mol. The van der Waals surface area contributed by atoms with Gasteiger partial charge in [0.05, 0.1) is 34.6 Å². The zero-order chi connectivity index (χ0) is 22.4. The Labute approximate surface area is 184 Å². The molecule has 0 aliphatic rings. The summed E-state index contributed by atoms with van der Waals surface area (Å²) in [6, 6.07) is 14.2. The van der Waals surface area contributed by atoms with Crippen molar-refractivity contribution in [1.29, 1.82) is 0 Å². The Hall–Kier alpha value is -3.24. The first-order chi connectivity index (χ1) is 14.8. The number of anilines is 2. The predicted octanol–water partition coefficient (Wildman–Crippen LogP) is 3.69. The number of thioether (sulfide) groups is 1. The maximum absolute atomic E-state index is 13.0. The zero-order valence-corrected chi connectivity index (χ0v) is 18.5. The molecule has 162 valence electrons. The molecule has 0 saturated carbocycles. The molecule has 3 rings (SSSR count). The topological polar surface area (TPSA) is 118 Å². The van der Waals surface area contributed by atoms with Crippen molar-refractivity contribution in [1.82, 2.24) is 5.32 Å². The largest absolute Gasteiger partial charge is 0.467 e. The highest BCUT2D eigenvalue weighted by atomic mass is 32.2. The van der Waals surface area contributed by atoms with Gasteiger partial charge < -0.3 is 15.1 Å². The van der Waals surface area contributed by atoms with Gasteiger partial charge in [-0.25, -0.2) is 8.42 Å². The van der Waals surface area contributed by atoms with Crippen LogP contribution in [0, 0.1) is 0 Å². The third-order valence-electron chi connectivity index (χ3n) is 4.21. The minimum atomic E-state index is -4.02. The van der Waals surface area contributed by atoms with E-state index in [4.69, 9.17) is 4.42 Å². The van der Waals surface area contributed by atoms with Gasteiger partial charge in [-0.2, -0.15) is 0 Å². The number of hydrogen-bond donors (Lipinski definition) is 3. The van der Waals surface area contributed by atoms with E-state index in [-0.39, 0.29) is 28.6 Å². The van der Waals surface area contributed by atoms with Crippen LogP contribution >= 0.6 is 11.8 Å². The summed E-state index contributed by atoms with van der Waals surface area (Å²) in [6.45, 7) is 1.52. The quantitative estimate of drug-likeness (QED) is 0.442. The van der Waals surface area contributed by atoms with Gasteiger partial charge in [0.15, 0.2) is 0 Å². The standard InChI is InChI=1S/C21H21N3O5S2/c1-14(25)23-19-12-16(9-10-20(19)30-2)31(27,28)24-18-8-4-3-7-17(18)21(26)22-13-15-6-5-11-29-15/h3-12,24H,13H2,1-2H3,(H,22,26)(H,23,25). The molecule has 3 N–H and O–H groups in total. The molecular formula is C21H21N3O5S2. The molecule has 1 aromatic heterocycles. The van der Waals surface area contributed by atoms with Gasteiger partial charge >= 0.3 is 0 Å². The first-order valence-electron chi connectivity index (χ1n) is 9.18. The van der Waals surface area contributed by atoms with Crippen LogP contribution in [0.1, 0.15) is 23.0 Å². The summed E-state index contributed by atoms with van der Waals surface area (Å²) in [4.78, 5) is 24.8. The van der Waals surface area contributed by atoms with Gasteiger partial charge in [0.25, 0.3) is 15.9 Å². The van der Waals surface area contributed by atoms with E-state index in [2.05, 4.69) is 15.4 Å². The van der Waals surface area contributed by atoms with E-state index in [1.54, 1.807) is 30.3 Å². The molecule has 0 fully saturated rings. The average Bonchev–Trinajstić information content (AvgIpc) is 3.25. The number of hydrogen-bond acceptors (Lipinski definition) is 6. The van der Waals surface area contributed by atoms with Crippen LogP contribution in [0.15, 0.2) is 75.1 Å². The van der Waals surface area contributed by atoms with Crippen LogP contribution in [0.25, 0.3) is 0 Å². The Bertz CT molecular complexity index is 1190. The fourth-order valence-electron chi connectivity index (χ4n) is 2.79. The van der Waals surface area contributed by atoms with Gasteiger partial charge in [-0.1, -0.05) is 12.1 Å². The summed E-state index contributed by atoms with van der Waals surface area (Å²) in [5.74, 6) is -0.187. The molecular weight excluding hydrogens is 438 g/mol. The van der Waals surface area contributed by atoms with Crippen molar-refractivity contribution < 1.29 is 22.4 Å². The summed E-state index contributed by atoms with van der Waals surface area (Å²) < 4.78 is 33.6. The molecule has 10 heteroatoms. The lowest BCUT2D eigenvalue weighted by Gasteiger charge is -2.14. The maximum atomic E-state index is 13.0. The fraction of sp³-hybridized carbons (Fsp3) is 0.143. The van der Waals surface area contributed by atoms with Crippen LogP contribution in [0.5, 0.6) is 0 Å². The molecule has 0 spiro atoms. The zero-order valence-electron chi connectivity index (χ0n) is 16.8. The Morgan fingerprint density at radius 2 is 1.81 bits per heavy atom. The molecule has 0 radical (unpaired) electrons. The highest BCUT2D eigenvalue weighted by molar-refractivity contribution is 7.98. The van der Waals surface area contributed by atoms with Gasteiger partial charge in [0.2, 0.25) is 5.91 Å². The average molecular weight is 460 g/mol. The Balaban J connectivity index is 1.85. The second kappa shape index (κ2) is 9.71. The van der Waals surface area contributed by atoms with Crippen LogP contribution in [-0.4, -0.2) is 26.5 Å². The second-order valence-electron chi connectivity index (χ2n) is 6.46. The molecule has 0 unspecified atom stereocenters. The molecule has 0 atom stereocenters. The van der Waals surface area contributed by atoms with Gasteiger partial charge in [-0.15, -0.1) is 11.8 Å². The highest BCUT2D eigenvalue weighted by Crippen LogP contribution is 2.29. The van der Waals surface area contributed by atoms with Crippen molar-refractivity contribution in [3.8, 4) is 0 Å². The van der Waals surface area contributed by atoms with Gasteiger partial charge in [-0.05, 0) is 48.7 Å². The number of rotatable bonds is 8. The summed E-state index contributed by atoms with van der Waals surface area (Å²) in [6.07, 6.45) is 3.33. The lowest BCUT2D eigenvalue weighted by Crippen LogP contribution is -2.24. The Morgan fingerprint density at radius 3 is 2.48 bits per heavy atom. The minimum Gasteiger partial charge on any atom is -0.467 e. The molecule has 3 aromatic rings. The molecule has 0 bridgehead atoms. The highest BCUT2D eigenvalue weighted by Gasteiger charge is 2.20. The van der Waals surface area contributed by atoms with Crippen molar-refractivity contribution >= 4 is 45.0 Å². The molecule has 31 heavy (non-hydrogen) atoms. The van der Waals surface area contributed by atoms with Crippen LogP contribution in [0.3, 0.4) is 0 Å². The van der Waals surface area contributed by atoms with E-state index >= 15 is 0 Å². The van der Waals surface area contributed by atoms with Crippen LogP contribution in [0.4, 0.5) is 11.4 Å². The van der Waals surface area contributed by atoms with Crippen molar-refractivity contribution in [2.75, 3.05) is 16.3 Å². The molecule has 0 saturated heterocycles. The first-order valence-corrected chi connectivity index (χ1v) is 11.9. The second-order valence-corrected chi connectivity index (χ2v) is 8.99. The first kappa shape index (κ1) is 22.4. The predicted molar refractivity (Wildman–Crippen MR) is 120 cm³/mol. The number of benzene rings is 2. The maximum Gasteiger partial charge on any atom is 0.261 e. The van der Waals surface area contributed by atoms with Crippen LogP contribution < -0.4 is 15.4 Å². The molecule has 0 aliphatic carbocycles. The summed E-state index contributed by atoms with van der Waals surface area (Å²) >= 11 is 1.38. The van der Waals surface area contributed by atoms with Gasteiger partial charge in [0.1, 0.15) is 5.76 Å². The number of amides is 2. The number of sulfonamides is 1. The molecule has 1 heterocycles. The molecule has 2 aromatic carbocycles. The number of carbonyl (C=O) groups excluding carboxylic acids is 2. The van der Waals surface area contributed by atoms with Crippen molar-refractivity contribution in [2.45, 2.75) is 23.3 Å². The lowest BCUT2D eigenvalue weighted by molar-refractivity contribution is -0.114. The van der Waals surface area contributed by atoms with Gasteiger partial charge in [0, 0.05) is 11.8 Å². The minimum absolute atomic E-state index is 0.0418. The van der Waals surface area contributed by atoms with E-state index in [1.807, 2.05) is 6.26 Å². The van der Waals surface area contributed by atoms with Crippen molar-refractivity contribution in [3.05, 3.63) is 72.2 Å². The van der Waals surface area contributed by atoms with E-state index < -0.39 is 15.9 Å². The van der Waals surface area contributed by atoms with E-state index in [0.717, 1.165) is 4.90 Å². The van der Waals surface area contributed by atoms with E-state index in [1.165, 1.54) is 49.2 Å². The SMILES string of the molecule is CSc1ccc(S(=O)(=O)Nc2ccccc2C(=O)NCc2ccco2)cc1NC(C)=O. The van der Waals surface area contributed by atoms with E-state index in [9.17, 15) is 18.0 Å². The Kier molecular flexibility index (Phi) is 7.03. The van der Waals surface area contributed by atoms with Crippen LogP contribution in [-0.2, 0) is 21.4 Å². The number of carbonyl (C=O) groups is 2. The number of nitrogens with one attached hydrogen (secondary N) is 3. The van der Waals surface area contributed by atoms with Crippen LogP contribution in [0.2, 0.25) is 0 Å². The normalized spacial score (nSPS) is 11.0. The Morgan fingerprint density at radius 1 is 1.03 bits per heavy atom. The summed E-state index contributed by atoms with van der Waals surface area (Å²) in [7, 11) is -4.02. The molecule has 2 amide bonds. The van der Waals surface area contributed by atoms with Crippen molar-refractivity contribution in [2.24, 2.45) is 0 Å². The lowest BCUT2D eigenvalue weighted by atomic mass is 10.1. The summed E-state index contributed by atoms with van der Waals surface area (Å²) in [5.41, 5.74) is 0.697. The molecule has 0 aliphatic heterocycles. The smallest absolute Gasteiger partial charge is 0.261 e. The van der Waals surface area contributed by atoms with Gasteiger partial charge in [-0.3, -0.25) is 14.3 Å². The third kappa shape index (κ3) is 5.68. The summed E-state index contributed by atoms with van der Waals surface area (Å²) in [5, 5.41) is 5.33. The van der Waals surface area contributed by atoms with E-state index in [0.29, 0.717) is 11.4 Å². The van der Waals surface area contributed by atoms with Crippen molar-refractivity contribution in [3.63, 3.8) is 0 Å². The molecule has 8 nitrogen and oxygen atoms in total. The number of furan rings is 1. The fourth-order valence-corrected chi connectivity index (χ4v) is 4.43. The number of para-hydroxylation sites is 1.